The van der Waals surface area contributed by atoms with Crippen LogP contribution in [0.2, 0.25) is 0 Å². The Bertz CT molecular complexity index is 1560. The van der Waals surface area contributed by atoms with Crippen molar-refractivity contribution in [3.05, 3.63) is 71.9 Å². The third kappa shape index (κ3) is 5.46. The van der Waals surface area contributed by atoms with E-state index < -0.39 is 17.6 Å². The van der Waals surface area contributed by atoms with Crippen LogP contribution in [0.1, 0.15) is 40.3 Å². The summed E-state index contributed by atoms with van der Waals surface area (Å²) < 4.78 is 41.0. The number of aromatic nitrogens is 4. The summed E-state index contributed by atoms with van der Waals surface area (Å²) in [6.07, 6.45) is 0.427. The lowest BCUT2D eigenvalue weighted by Gasteiger charge is -2.31. The van der Waals surface area contributed by atoms with Crippen molar-refractivity contribution in [1.82, 2.24) is 24.3 Å². The van der Waals surface area contributed by atoms with E-state index in [2.05, 4.69) is 20.6 Å². The number of anilines is 2. The molecule has 3 aromatic heterocycles. The van der Waals surface area contributed by atoms with Gasteiger partial charge in [0.2, 0.25) is 5.91 Å². The second kappa shape index (κ2) is 11.2. The molecule has 1 aliphatic heterocycles. The zero-order valence-corrected chi connectivity index (χ0v) is 22.5. The maximum absolute atomic E-state index is 13.0. The van der Waals surface area contributed by atoms with Crippen LogP contribution in [0.25, 0.3) is 16.8 Å². The third-order valence-electron chi connectivity index (χ3n) is 6.58. The number of hydrogen-bond donors (Lipinski definition) is 2. The highest BCUT2D eigenvalue weighted by atomic mass is 32.2. The molecule has 1 aromatic carbocycles. The van der Waals surface area contributed by atoms with Crippen molar-refractivity contribution in [3.63, 3.8) is 0 Å². The number of imidazole rings is 1. The van der Waals surface area contributed by atoms with Gasteiger partial charge in [0.05, 0.1) is 10.8 Å². The summed E-state index contributed by atoms with van der Waals surface area (Å²) in [5.41, 5.74) is 1.48. The number of carbonyl (C=O) groups excluding carboxylic acids is 2. The Morgan fingerprint density at radius 2 is 1.90 bits per heavy atom. The minimum Gasteiger partial charge on any atom is -0.371 e. The number of thioether (sulfide) groups is 1. The molecule has 0 bridgehead atoms. The van der Waals surface area contributed by atoms with Crippen molar-refractivity contribution in [3.8, 4) is 11.3 Å². The predicted octanol–water partition coefficient (Wildman–Crippen LogP) is 5.13. The summed E-state index contributed by atoms with van der Waals surface area (Å²) in [4.78, 5) is 40.3. The number of benzene rings is 1. The van der Waals surface area contributed by atoms with Gasteiger partial charge >= 0.3 is 6.18 Å². The van der Waals surface area contributed by atoms with Crippen molar-refractivity contribution < 1.29 is 22.8 Å². The Morgan fingerprint density at radius 3 is 2.60 bits per heavy atom. The Labute approximate surface area is 232 Å². The van der Waals surface area contributed by atoms with E-state index in [1.807, 2.05) is 22.4 Å². The van der Waals surface area contributed by atoms with Crippen molar-refractivity contribution in [2.24, 2.45) is 0 Å². The molecule has 0 radical (unpaired) electrons. The first kappa shape index (κ1) is 27.4. The van der Waals surface area contributed by atoms with Gasteiger partial charge in [-0.3, -0.25) is 14.0 Å². The van der Waals surface area contributed by atoms with Crippen LogP contribution >= 0.6 is 11.8 Å². The molecule has 1 atom stereocenters. The fraction of sp³-hybridized carbons (Fsp3) is 0.296. The summed E-state index contributed by atoms with van der Waals surface area (Å²) in [5.74, 6) is 1.54. The molecule has 1 unspecified atom stereocenters. The molecular formula is C27H26F3N7O2S. The Morgan fingerprint density at radius 1 is 1.12 bits per heavy atom. The molecule has 4 aromatic rings. The number of halogens is 3. The van der Waals surface area contributed by atoms with Crippen LogP contribution in [0, 0.1) is 0 Å². The van der Waals surface area contributed by atoms with Gasteiger partial charge in [0.1, 0.15) is 22.9 Å². The number of hydrogen-bond acceptors (Lipinski definition) is 7. The fourth-order valence-electron chi connectivity index (χ4n) is 4.57. The molecule has 0 spiro atoms. The van der Waals surface area contributed by atoms with E-state index in [1.165, 1.54) is 0 Å². The van der Waals surface area contributed by atoms with Gasteiger partial charge < -0.3 is 15.5 Å². The summed E-state index contributed by atoms with van der Waals surface area (Å²) in [6.45, 7) is 3.11. The van der Waals surface area contributed by atoms with Crippen LogP contribution in [0.15, 0.2) is 55.0 Å². The van der Waals surface area contributed by atoms with Crippen molar-refractivity contribution in [2.75, 3.05) is 36.5 Å². The quantitative estimate of drug-likeness (QED) is 0.332. The van der Waals surface area contributed by atoms with Gasteiger partial charge in [0, 0.05) is 62.0 Å². The van der Waals surface area contributed by atoms with E-state index in [0.29, 0.717) is 31.0 Å². The fourth-order valence-corrected chi connectivity index (χ4v) is 5.78. The van der Waals surface area contributed by atoms with Crippen LogP contribution in [0.3, 0.4) is 0 Å². The number of nitrogens with zero attached hydrogens (tertiary/aromatic N) is 5. The highest BCUT2D eigenvalue weighted by Gasteiger charge is 2.31. The average Bonchev–Trinajstić information content (AvgIpc) is 3.36. The highest BCUT2D eigenvalue weighted by molar-refractivity contribution is 7.99. The normalized spacial score (nSPS) is 15.7. The smallest absolute Gasteiger partial charge is 0.371 e. The lowest BCUT2D eigenvalue weighted by atomic mass is 10.1. The first-order valence-electron chi connectivity index (χ1n) is 12.6. The zero-order chi connectivity index (χ0) is 28.4. The van der Waals surface area contributed by atoms with Crippen molar-refractivity contribution in [1.29, 1.82) is 0 Å². The molecule has 1 aliphatic rings. The van der Waals surface area contributed by atoms with Crippen LogP contribution in [0.4, 0.5) is 24.8 Å². The zero-order valence-electron chi connectivity index (χ0n) is 21.7. The molecule has 0 aliphatic carbocycles. The van der Waals surface area contributed by atoms with Gasteiger partial charge in [-0.25, -0.2) is 15.0 Å². The maximum atomic E-state index is 13.0. The molecule has 1 fully saturated rings. The van der Waals surface area contributed by atoms with E-state index >= 15 is 0 Å². The number of fused-ring (bicyclic) bond motifs is 1. The lowest BCUT2D eigenvalue weighted by molar-refractivity contribution is -0.137. The van der Waals surface area contributed by atoms with Crippen LogP contribution in [-0.4, -0.2) is 62.0 Å². The largest absolute Gasteiger partial charge is 0.416 e. The molecule has 2 N–H and O–H groups in total. The maximum Gasteiger partial charge on any atom is 0.416 e. The van der Waals surface area contributed by atoms with Crippen molar-refractivity contribution >= 4 is 40.7 Å². The highest BCUT2D eigenvalue weighted by Crippen LogP contribution is 2.38. The van der Waals surface area contributed by atoms with Gasteiger partial charge in [0.15, 0.2) is 5.82 Å². The number of alkyl halides is 3. The monoisotopic (exact) mass is 569 g/mol. The van der Waals surface area contributed by atoms with E-state index in [1.54, 1.807) is 49.3 Å². The topological polar surface area (TPSA) is 105 Å². The number of pyridine rings is 1. The molecule has 9 nitrogen and oxygen atoms in total. The first-order valence-corrected chi connectivity index (χ1v) is 13.6. The molecule has 4 heterocycles. The minimum atomic E-state index is -4.54. The first-order chi connectivity index (χ1) is 19.2. The molecule has 2 amide bonds. The molecule has 208 valence electrons. The van der Waals surface area contributed by atoms with E-state index in [-0.39, 0.29) is 22.5 Å². The van der Waals surface area contributed by atoms with Gasteiger partial charge in [-0.1, -0.05) is 19.1 Å². The van der Waals surface area contributed by atoms with Gasteiger partial charge in [-0.2, -0.15) is 13.2 Å². The molecule has 13 heteroatoms. The van der Waals surface area contributed by atoms with E-state index in [4.69, 9.17) is 4.98 Å². The summed E-state index contributed by atoms with van der Waals surface area (Å²) in [7, 11) is 1.77. The van der Waals surface area contributed by atoms with Crippen molar-refractivity contribution in [2.45, 2.75) is 24.8 Å². The van der Waals surface area contributed by atoms with Gasteiger partial charge in [-0.15, -0.1) is 11.8 Å². The second-order valence-corrected chi connectivity index (χ2v) is 10.4. The Kier molecular flexibility index (Phi) is 7.66. The van der Waals surface area contributed by atoms with E-state index in [0.717, 1.165) is 41.0 Å². The van der Waals surface area contributed by atoms with Gasteiger partial charge in [-0.05, 0) is 24.3 Å². The number of amides is 2. The molecular weight excluding hydrogens is 543 g/mol. The standard InChI is InChI=1S/C27H26F3N7O2S/c1-3-21(38)36-12-13-40-19(15-36)25-35-22(23-24(31-2)33-10-11-37(23)25)16-4-6-17(7-5-16)26(39)34-20-14-18(8-9-32-20)27(28,29)30/h4-11,14,19H,3,12-13,15H2,1-2H3,(H,31,33)(H,32,34,39). The summed E-state index contributed by atoms with van der Waals surface area (Å²) >= 11 is 1.75. The van der Waals surface area contributed by atoms with E-state index in [9.17, 15) is 22.8 Å². The molecule has 40 heavy (non-hydrogen) atoms. The third-order valence-corrected chi connectivity index (χ3v) is 7.76. The molecule has 1 saturated heterocycles. The van der Waals surface area contributed by atoms with Gasteiger partial charge in [0.25, 0.3) is 5.91 Å². The summed E-state index contributed by atoms with van der Waals surface area (Å²) in [5, 5.41) is 5.49. The lowest BCUT2D eigenvalue weighted by Crippen LogP contribution is -2.39. The SMILES string of the molecule is CCC(=O)N1CCSC(c2nc(-c3ccc(C(=O)Nc4cc(C(F)(F)F)ccn4)cc3)c3c(NC)nccn23)C1. The number of carbonyl (C=O) groups is 2. The van der Waals surface area contributed by atoms with Crippen LogP contribution in [-0.2, 0) is 11.0 Å². The number of rotatable bonds is 6. The summed E-state index contributed by atoms with van der Waals surface area (Å²) in [6, 6.07) is 8.25. The Balaban J connectivity index is 1.45. The Hall–Kier alpha value is -4.13. The molecule has 5 rings (SSSR count). The van der Waals surface area contributed by atoms with Crippen LogP contribution in [0.5, 0.6) is 0 Å². The second-order valence-electron chi connectivity index (χ2n) is 9.07. The molecule has 0 saturated carbocycles. The number of nitrogens with one attached hydrogen (secondary N) is 2. The predicted molar refractivity (Wildman–Crippen MR) is 147 cm³/mol. The minimum absolute atomic E-state index is 0.0392. The van der Waals surface area contributed by atoms with Crippen LogP contribution < -0.4 is 10.6 Å². The average molecular weight is 570 g/mol.